The Balaban J connectivity index is 1.32. The highest BCUT2D eigenvalue weighted by molar-refractivity contribution is 5.81. The Morgan fingerprint density at radius 1 is 1.22 bits per heavy atom. The lowest BCUT2D eigenvalue weighted by Gasteiger charge is -2.37. The first-order chi connectivity index (χ1) is 11.2. The fourth-order valence-corrected chi connectivity index (χ4v) is 3.39. The fourth-order valence-electron chi connectivity index (χ4n) is 3.39. The van der Waals surface area contributed by atoms with Crippen LogP contribution in [0, 0.1) is 0 Å². The minimum atomic E-state index is -0.212. The molecule has 7 nitrogen and oxygen atoms in total. The van der Waals surface area contributed by atoms with Gasteiger partial charge in [0.25, 0.3) is 5.91 Å². The van der Waals surface area contributed by atoms with Gasteiger partial charge >= 0.3 is 0 Å². The van der Waals surface area contributed by atoms with Gasteiger partial charge in [-0.25, -0.2) is 0 Å². The molecule has 1 amide bonds. The summed E-state index contributed by atoms with van der Waals surface area (Å²) in [5, 5.41) is 4.10. The van der Waals surface area contributed by atoms with Crippen molar-refractivity contribution in [3.8, 4) is 0 Å². The maximum absolute atomic E-state index is 12.4. The van der Waals surface area contributed by atoms with Gasteiger partial charge in [0.05, 0.1) is 6.04 Å². The summed E-state index contributed by atoms with van der Waals surface area (Å²) < 4.78 is 10.9. The minimum absolute atomic E-state index is 0.106. The number of ether oxygens (including phenoxy) is 1. The summed E-state index contributed by atoms with van der Waals surface area (Å²) in [5.74, 6) is 2.23. The van der Waals surface area contributed by atoms with Crippen LogP contribution < -0.4 is 0 Å². The number of nitrogens with zero attached hydrogens (tertiary/aromatic N) is 4. The Bertz CT molecular complexity index is 557. The highest BCUT2D eigenvalue weighted by Gasteiger charge is 2.34. The first-order valence-electron chi connectivity index (χ1n) is 8.70. The predicted octanol–water partition coefficient (Wildman–Crippen LogP) is 1.33. The zero-order valence-electron chi connectivity index (χ0n) is 13.6. The van der Waals surface area contributed by atoms with Crippen molar-refractivity contribution in [3.05, 3.63) is 11.7 Å². The van der Waals surface area contributed by atoms with Gasteiger partial charge < -0.3 is 14.2 Å². The molecule has 2 aliphatic heterocycles. The van der Waals surface area contributed by atoms with E-state index in [1.54, 1.807) is 0 Å². The van der Waals surface area contributed by atoms with Crippen LogP contribution in [0.25, 0.3) is 0 Å². The molecule has 1 aromatic rings. The lowest BCUT2D eigenvalue weighted by Crippen LogP contribution is -2.51. The summed E-state index contributed by atoms with van der Waals surface area (Å²) >= 11 is 0. The number of amides is 1. The summed E-state index contributed by atoms with van der Waals surface area (Å²) in [5.41, 5.74) is 0. The second-order valence-corrected chi connectivity index (χ2v) is 6.80. The van der Waals surface area contributed by atoms with E-state index in [9.17, 15) is 4.79 Å². The molecule has 1 aromatic heterocycles. The molecule has 2 atom stereocenters. The lowest BCUT2D eigenvalue weighted by atomic mass is 10.2. The van der Waals surface area contributed by atoms with Crippen molar-refractivity contribution in [2.45, 2.75) is 50.7 Å². The standard InChI is InChI=1S/C16H24N4O3/c1-11(15-17-14(18-23-15)12-4-5-12)19-6-8-20(9-7-19)16(21)13-3-2-10-22-13/h11-13H,2-10H2,1H3/t11-,13+/m1/s1. The van der Waals surface area contributed by atoms with E-state index in [4.69, 9.17) is 9.26 Å². The average molecular weight is 320 g/mol. The van der Waals surface area contributed by atoms with Gasteiger partial charge in [-0.05, 0) is 32.6 Å². The van der Waals surface area contributed by atoms with Gasteiger partial charge in [0, 0.05) is 38.7 Å². The zero-order valence-corrected chi connectivity index (χ0v) is 13.6. The molecule has 0 unspecified atom stereocenters. The molecule has 23 heavy (non-hydrogen) atoms. The highest BCUT2D eigenvalue weighted by atomic mass is 16.5. The van der Waals surface area contributed by atoms with E-state index in [2.05, 4.69) is 22.0 Å². The van der Waals surface area contributed by atoms with E-state index in [1.165, 1.54) is 12.8 Å². The van der Waals surface area contributed by atoms with E-state index in [0.717, 1.165) is 44.8 Å². The van der Waals surface area contributed by atoms with Gasteiger partial charge in [0.2, 0.25) is 5.89 Å². The van der Waals surface area contributed by atoms with Crippen LogP contribution in [-0.4, -0.2) is 64.7 Å². The third-order valence-corrected chi connectivity index (χ3v) is 5.14. The molecule has 3 aliphatic rings. The molecule has 4 rings (SSSR count). The quantitative estimate of drug-likeness (QED) is 0.833. The molecule has 3 fully saturated rings. The molecule has 2 saturated heterocycles. The third kappa shape index (κ3) is 3.12. The first-order valence-corrected chi connectivity index (χ1v) is 8.70. The summed E-state index contributed by atoms with van der Waals surface area (Å²) in [4.78, 5) is 21.2. The number of hydrogen-bond acceptors (Lipinski definition) is 6. The van der Waals surface area contributed by atoms with Crippen LogP contribution in [0.4, 0.5) is 0 Å². The molecule has 7 heteroatoms. The van der Waals surface area contributed by atoms with Gasteiger partial charge in [-0.15, -0.1) is 0 Å². The molecule has 126 valence electrons. The number of rotatable bonds is 4. The van der Waals surface area contributed by atoms with Crippen molar-refractivity contribution in [2.75, 3.05) is 32.8 Å². The van der Waals surface area contributed by atoms with Crippen molar-refractivity contribution in [1.82, 2.24) is 19.9 Å². The lowest BCUT2D eigenvalue weighted by molar-refractivity contribution is -0.143. The largest absolute Gasteiger partial charge is 0.368 e. The SMILES string of the molecule is C[C@H](c1nc(C2CC2)no1)N1CCN(C(=O)[C@@H]2CCCO2)CC1. The number of carbonyl (C=O) groups excluding carboxylic acids is 1. The third-order valence-electron chi connectivity index (χ3n) is 5.14. The van der Waals surface area contributed by atoms with E-state index >= 15 is 0 Å². The molecule has 0 radical (unpaired) electrons. The Hall–Kier alpha value is -1.47. The van der Waals surface area contributed by atoms with Gasteiger partial charge in [-0.3, -0.25) is 9.69 Å². The Labute approximate surface area is 136 Å². The van der Waals surface area contributed by atoms with E-state index < -0.39 is 0 Å². The van der Waals surface area contributed by atoms with Crippen LogP contribution in [0.3, 0.4) is 0 Å². The van der Waals surface area contributed by atoms with Crippen LogP contribution in [0.2, 0.25) is 0 Å². The van der Waals surface area contributed by atoms with E-state index in [1.807, 2.05) is 4.90 Å². The van der Waals surface area contributed by atoms with Crippen molar-refractivity contribution < 1.29 is 14.1 Å². The molecule has 1 aliphatic carbocycles. The van der Waals surface area contributed by atoms with Crippen LogP contribution in [0.5, 0.6) is 0 Å². The number of piperazine rings is 1. The Kier molecular flexibility index (Phi) is 4.07. The highest BCUT2D eigenvalue weighted by Crippen LogP contribution is 2.38. The molecular weight excluding hydrogens is 296 g/mol. The number of hydrogen-bond donors (Lipinski definition) is 0. The summed E-state index contributed by atoms with van der Waals surface area (Å²) in [6.45, 7) is 5.97. The Morgan fingerprint density at radius 3 is 2.65 bits per heavy atom. The topological polar surface area (TPSA) is 71.7 Å². The van der Waals surface area contributed by atoms with Gasteiger partial charge in [0.1, 0.15) is 6.10 Å². The number of aromatic nitrogens is 2. The van der Waals surface area contributed by atoms with E-state index in [0.29, 0.717) is 18.4 Å². The van der Waals surface area contributed by atoms with Crippen LogP contribution in [0.15, 0.2) is 4.52 Å². The second kappa shape index (κ2) is 6.20. The minimum Gasteiger partial charge on any atom is -0.368 e. The molecule has 0 aromatic carbocycles. The smallest absolute Gasteiger partial charge is 0.251 e. The monoisotopic (exact) mass is 320 g/mol. The maximum atomic E-state index is 12.4. The first kappa shape index (κ1) is 15.1. The fraction of sp³-hybridized carbons (Fsp3) is 0.812. The van der Waals surface area contributed by atoms with Crippen LogP contribution in [0.1, 0.15) is 56.3 Å². The van der Waals surface area contributed by atoms with Gasteiger partial charge in [-0.2, -0.15) is 4.98 Å². The van der Waals surface area contributed by atoms with Crippen molar-refractivity contribution in [2.24, 2.45) is 0 Å². The molecule has 0 N–H and O–H groups in total. The van der Waals surface area contributed by atoms with Crippen molar-refractivity contribution in [1.29, 1.82) is 0 Å². The van der Waals surface area contributed by atoms with Gasteiger partial charge in [-0.1, -0.05) is 5.16 Å². The average Bonchev–Trinajstić information content (AvgIpc) is 3.10. The van der Waals surface area contributed by atoms with E-state index in [-0.39, 0.29) is 18.1 Å². The molecular formula is C16H24N4O3. The normalized spacial score (nSPS) is 27.3. The van der Waals surface area contributed by atoms with Crippen molar-refractivity contribution in [3.63, 3.8) is 0 Å². The van der Waals surface area contributed by atoms with Crippen LogP contribution in [-0.2, 0) is 9.53 Å². The number of carbonyl (C=O) groups is 1. The summed E-state index contributed by atoms with van der Waals surface area (Å²) in [6, 6.07) is 0.106. The second-order valence-electron chi connectivity index (χ2n) is 6.80. The molecule has 1 saturated carbocycles. The van der Waals surface area contributed by atoms with Crippen molar-refractivity contribution >= 4 is 5.91 Å². The summed E-state index contributed by atoms with van der Waals surface area (Å²) in [6.07, 6.45) is 4.00. The molecule has 0 spiro atoms. The van der Waals surface area contributed by atoms with Gasteiger partial charge in [0.15, 0.2) is 5.82 Å². The Morgan fingerprint density at radius 2 is 2.00 bits per heavy atom. The summed E-state index contributed by atoms with van der Waals surface area (Å²) in [7, 11) is 0. The van der Waals surface area contributed by atoms with Crippen LogP contribution >= 0.6 is 0 Å². The predicted molar refractivity (Wildman–Crippen MR) is 81.8 cm³/mol. The molecule has 3 heterocycles. The zero-order chi connectivity index (χ0) is 15.8. The molecule has 0 bridgehead atoms. The maximum Gasteiger partial charge on any atom is 0.251 e.